The SMILES string of the molecule is CCC(CC)NC(=O)[C@H](C)N1CCN(c2cnn(C)c2)C(=O)C1. The van der Waals surface area contributed by atoms with Crippen LogP contribution < -0.4 is 10.2 Å². The molecule has 1 aliphatic heterocycles. The molecule has 2 rings (SSSR count). The van der Waals surface area contributed by atoms with E-state index in [-0.39, 0.29) is 30.4 Å². The highest BCUT2D eigenvalue weighted by Gasteiger charge is 2.31. The minimum Gasteiger partial charge on any atom is -0.352 e. The van der Waals surface area contributed by atoms with Crippen LogP contribution in [0.1, 0.15) is 33.6 Å². The van der Waals surface area contributed by atoms with Crippen LogP contribution in [0.4, 0.5) is 5.69 Å². The molecule has 1 N–H and O–H groups in total. The fourth-order valence-electron chi connectivity index (χ4n) is 2.82. The van der Waals surface area contributed by atoms with E-state index in [1.165, 1.54) is 0 Å². The maximum atomic E-state index is 12.4. The van der Waals surface area contributed by atoms with Crippen molar-refractivity contribution < 1.29 is 9.59 Å². The second-order valence-corrected chi connectivity index (χ2v) is 6.09. The smallest absolute Gasteiger partial charge is 0.241 e. The van der Waals surface area contributed by atoms with Gasteiger partial charge in [-0.1, -0.05) is 13.8 Å². The summed E-state index contributed by atoms with van der Waals surface area (Å²) in [5.74, 6) is 0.00719. The van der Waals surface area contributed by atoms with Crippen molar-refractivity contribution in [1.82, 2.24) is 20.0 Å². The average Bonchev–Trinajstić information content (AvgIpc) is 2.97. The summed E-state index contributed by atoms with van der Waals surface area (Å²) in [5.41, 5.74) is 0.811. The number of aromatic nitrogens is 2. The number of nitrogens with zero attached hydrogens (tertiary/aromatic N) is 4. The molecule has 128 valence electrons. The fourth-order valence-corrected chi connectivity index (χ4v) is 2.82. The molecule has 7 nitrogen and oxygen atoms in total. The Morgan fingerprint density at radius 3 is 2.57 bits per heavy atom. The Bertz CT molecular complexity index is 552. The number of hydrogen-bond acceptors (Lipinski definition) is 4. The summed E-state index contributed by atoms with van der Waals surface area (Å²) in [6.07, 6.45) is 5.36. The van der Waals surface area contributed by atoms with Crippen molar-refractivity contribution in [3.63, 3.8) is 0 Å². The lowest BCUT2D eigenvalue weighted by molar-refractivity contribution is -0.129. The van der Waals surface area contributed by atoms with Crippen LogP contribution in [0.2, 0.25) is 0 Å². The van der Waals surface area contributed by atoms with Crippen molar-refractivity contribution in [1.29, 1.82) is 0 Å². The molecule has 2 amide bonds. The average molecular weight is 321 g/mol. The largest absolute Gasteiger partial charge is 0.352 e. The van der Waals surface area contributed by atoms with Crippen LogP contribution in [-0.2, 0) is 16.6 Å². The van der Waals surface area contributed by atoms with Gasteiger partial charge in [-0.25, -0.2) is 0 Å². The summed E-state index contributed by atoms with van der Waals surface area (Å²) in [4.78, 5) is 28.4. The van der Waals surface area contributed by atoms with Crippen LogP contribution in [0.3, 0.4) is 0 Å². The van der Waals surface area contributed by atoms with Gasteiger partial charge in [0.1, 0.15) is 0 Å². The van der Waals surface area contributed by atoms with E-state index in [0.717, 1.165) is 18.5 Å². The van der Waals surface area contributed by atoms with Gasteiger partial charge in [0.2, 0.25) is 11.8 Å². The zero-order valence-electron chi connectivity index (χ0n) is 14.5. The van der Waals surface area contributed by atoms with E-state index in [2.05, 4.69) is 24.3 Å². The highest BCUT2D eigenvalue weighted by Crippen LogP contribution is 2.17. The van der Waals surface area contributed by atoms with Gasteiger partial charge in [0.05, 0.1) is 24.5 Å². The third-order valence-corrected chi connectivity index (χ3v) is 4.51. The van der Waals surface area contributed by atoms with Gasteiger partial charge in [0.25, 0.3) is 0 Å². The maximum Gasteiger partial charge on any atom is 0.241 e. The van der Waals surface area contributed by atoms with E-state index in [1.54, 1.807) is 15.8 Å². The van der Waals surface area contributed by atoms with Crippen LogP contribution >= 0.6 is 0 Å². The van der Waals surface area contributed by atoms with Gasteiger partial charge in [0, 0.05) is 32.4 Å². The summed E-state index contributed by atoms with van der Waals surface area (Å²) in [6.45, 7) is 7.51. The van der Waals surface area contributed by atoms with E-state index in [1.807, 2.05) is 25.1 Å². The second-order valence-electron chi connectivity index (χ2n) is 6.09. The summed E-state index contributed by atoms with van der Waals surface area (Å²) >= 11 is 0. The molecule has 0 aromatic carbocycles. The third kappa shape index (κ3) is 4.10. The van der Waals surface area contributed by atoms with E-state index >= 15 is 0 Å². The minimum atomic E-state index is -0.296. The lowest BCUT2D eigenvalue weighted by Crippen LogP contribution is -2.57. The number of aryl methyl sites for hydroxylation is 1. The van der Waals surface area contributed by atoms with E-state index in [4.69, 9.17) is 0 Å². The monoisotopic (exact) mass is 321 g/mol. The maximum absolute atomic E-state index is 12.4. The van der Waals surface area contributed by atoms with Crippen molar-refractivity contribution in [2.24, 2.45) is 7.05 Å². The van der Waals surface area contributed by atoms with Crippen LogP contribution in [0, 0.1) is 0 Å². The molecular weight excluding hydrogens is 294 g/mol. The molecule has 0 saturated carbocycles. The van der Waals surface area contributed by atoms with Crippen molar-refractivity contribution in [3.05, 3.63) is 12.4 Å². The topological polar surface area (TPSA) is 70.5 Å². The molecule has 1 aromatic heterocycles. The number of rotatable bonds is 6. The first-order valence-electron chi connectivity index (χ1n) is 8.29. The molecule has 1 atom stereocenters. The summed E-state index contributed by atoms with van der Waals surface area (Å²) in [7, 11) is 1.83. The summed E-state index contributed by atoms with van der Waals surface area (Å²) < 4.78 is 1.68. The molecule has 0 bridgehead atoms. The highest BCUT2D eigenvalue weighted by molar-refractivity contribution is 5.95. The first-order valence-corrected chi connectivity index (χ1v) is 8.29. The predicted molar refractivity (Wildman–Crippen MR) is 89.1 cm³/mol. The Balaban J connectivity index is 1.94. The molecule has 0 unspecified atom stereocenters. The lowest BCUT2D eigenvalue weighted by atomic mass is 10.1. The molecule has 0 radical (unpaired) electrons. The Morgan fingerprint density at radius 1 is 1.35 bits per heavy atom. The quantitative estimate of drug-likeness (QED) is 0.840. The number of amides is 2. The molecule has 23 heavy (non-hydrogen) atoms. The molecule has 1 aromatic rings. The number of nitrogens with one attached hydrogen (secondary N) is 1. The van der Waals surface area contributed by atoms with Crippen molar-refractivity contribution in [2.75, 3.05) is 24.5 Å². The van der Waals surface area contributed by atoms with Gasteiger partial charge in [-0.05, 0) is 19.8 Å². The van der Waals surface area contributed by atoms with Crippen LogP contribution in [0.15, 0.2) is 12.4 Å². The Labute approximate surface area is 137 Å². The zero-order chi connectivity index (χ0) is 17.0. The number of carbonyl (C=O) groups excluding carboxylic acids is 2. The molecule has 2 heterocycles. The van der Waals surface area contributed by atoms with Crippen molar-refractivity contribution in [2.45, 2.75) is 45.7 Å². The predicted octanol–water partition coefficient (Wildman–Crippen LogP) is 0.762. The fraction of sp³-hybridized carbons (Fsp3) is 0.688. The van der Waals surface area contributed by atoms with Gasteiger partial charge >= 0.3 is 0 Å². The molecule has 7 heteroatoms. The van der Waals surface area contributed by atoms with Crippen LogP contribution in [0.25, 0.3) is 0 Å². The van der Waals surface area contributed by atoms with E-state index < -0.39 is 0 Å². The van der Waals surface area contributed by atoms with Crippen LogP contribution in [0.5, 0.6) is 0 Å². The number of hydrogen-bond donors (Lipinski definition) is 1. The minimum absolute atomic E-state index is 0.00123. The molecular formula is C16H27N5O2. The van der Waals surface area contributed by atoms with Gasteiger partial charge in [0.15, 0.2) is 0 Å². The standard InChI is InChI=1S/C16H27N5O2/c1-5-13(6-2)18-16(23)12(3)20-7-8-21(15(22)11-20)14-9-17-19(4)10-14/h9-10,12-13H,5-8,11H2,1-4H3,(H,18,23)/t12-/m0/s1. The van der Waals surface area contributed by atoms with Crippen molar-refractivity contribution >= 4 is 17.5 Å². The number of piperazine rings is 1. The Kier molecular flexibility index (Phi) is 5.76. The molecule has 0 aliphatic carbocycles. The molecule has 0 spiro atoms. The first kappa shape index (κ1) is 17.5. The molecule has 1 aliphatic rings. The van der Waals surface area contributed by atoms with E-state index in [9.17, 15) is 9.59 Å². The second kappa shape index (κ2) is 7.59. The summed E-state index contributed by atoms with van der Waals surface area (Å²) in [5, 5.41) is 7.16. The van der Waals surface area contributed by atoms with Gasteiger partial charge in [-0.2, -0.15) is 5.10 Å². The van der Waals surface area contributed by atoms with Crippen molar-refractivity contribution in [3.8, 4) is 0 Å². The Morgan fingerprint density at radius 2 is 2.04 bits per heavy atom. The van der Waals surface area contributed by atoms with E-state index in [0.29, 0.717) is 13.1 Å². The number of anilines is 1. The zero-order valence-corrected chi connectivity index (χ0v) is 14.5. The Hall–Kier alpha value is -1.89. The number of carbonyl (C=O) groups is 2. The van der Waals surface area contributed by atoms with Gasteiger partial charge < -0.3 is 10.2 Å². The van der Waals surface area contributed by atoms with Gasteiger partial charge in [-0.15, -0.1) is 0 Å². The third-order valence-electron chi connectivity index (χ3n) is 4.51. The molecule has 1 fully saturated rings. The van der Waals surface area contributed by atoms with Crippen LogP contribution in [-0.4, -0.2) is 58.2 Å². The first-order chi connectivity index (χ1) is 11.0. The molecule has 1 saturated heterocycles. The normalized spacial score (nSPS) is 17.6. The lowest BCUT2D eigenvalue weighted by Gasteiger charge is -2.36. The van der Waals surface area contributed by atoms with Gasteiger partial charge in [-0.3, -0.25) is 19.2 Å². The highest BCUT2D eigenvalue weighted by atomic mass is 16.2. The summed E-state index contributed by atoms with van der Waals surface area (Å²) in [6, 6.07) is -0.0899.